The van der Waals surface area contributed by atoms with Crippen molar-refractivity contribution in [2.24, 2.45) is 0 Å². The zero-order valence-electron chi connectivity index (χ0n) is 15.7. The molecule has 1 aromatic carbocycles. The summed E-state index contributed by atoms with van der Waals surface area (Å²) in [6.07, 6.45) is 3.06. The molecule has 4 rings (SSSR count). The lowest BCUT2D eigenvalue weighted by Gasteiger charge is -2.31. The average Bonchev–Trinajstić information content (AvgIpc) is 2.99. The summed E-state index contributed by atoms with van der Waals surface area (Å²) in [4.78, 5) is 40.3. The van der Waals surface area contributed by atoms with Crippen LogP contribution in [-0.2, 0) is 22.7 Å². The van der Waals surface area contributed by atoms with Gasteiger partial charge < -0.3 is 10.2 Å². The number of rotatable bonds is 4. The summed E-state index contributed by atoms with van der Waals surface area (Å²) in [5.74, 6) is -0.733. The van der Waals surface area contributed by atoms with Gasteiger partial charge in [-0.1, -0.05) is 12.1 Å². The first-order chi connectivity index (χ1) is 13.0. The van der Waals surface area contributed by atoms with Crippen LogP contribution in [-0.4, -0.2) is 59.7 Å². The van der Waals surface area contributed by atoms with Gasteiger partial charge in [0.1, 0.15) is 6.04 Å². The molecule has 2 unspecified atom stereocenters. The highest BCUT2D eigenvalue weighted by molar-refractivity contribution is 6.05. The number of carbonyl (C=O) groups excluding carboxylic acids is 3. The van der Waals surface area contributed by atoms with Crippen molar-refractivity contribution in [2.45, 2.75) is 50.9 Å². The Kier molecular flexibility index (Phi) is 4.97. The maximum Gasteiger partial charge on any atom is 0.255 e. The molecule has 1 aromatic rings. The SMILES string of the molecule is CN(Cc1ccc2c(c1)C(=O)N(C1CCC(=O)NC1=O)C2)C1CCCNC1. The summed E-state index contributed by atoms with van der Waals surface area (Å²) < 4.78 is 0. The minimum atomic E-state index is -0.554. The van der Waals surface area contributed by atoms with Crippen LogP contribution in [0.5, 0.6) is 0 Å². The van der Waals surface area contributed by atoms with E-state index in [-0.39, 0.29) is 24.1 Å². The lowest BCUT2D eigenvalue weighted by Crippen LogP contribution is -2.52. The van der Waals surface area contributed by atoms with E-state index in [1.165, 1.54) is 12.8 Å². The molecule has 2 N–H and O–H groups in total. The monoisotopic (exact) mass is 370 g/mol. The van der Waals surface area contributed by atoms with Crippen LogP contribution in [0.2, 0.25) is 0 Å². The highest BCUT2D eigenvalue weighted by Gasteiger charge is 2.39. The minimum Gasteiger partial charge on any atom is -0.322 e. The molecule has 2 fully saturated rings. The number of likely N-dealkylation sites (N-methyl/N-ethyl adjacent to an activating group) is 1. The van der Waals surface area contributed by atoms with Gasteiger partial charge in [0, 0.05) is 37.7 Å². The van der Waals surface area contributed by atoms with E-state index in [4.69, 9.17) is 0 Å². The number of hydrogen-bond acceptors (Lipinski definition) is 5. The van der Waals surface area contributed by atoms with Crippen molar-refractivity contribution in [2.75, 3.05) is 20.1 Å². The van der Waals surface area contributed by atoms with Crippen LogP contribution in [0, 0.1) is 0 Å². The molecule has 3 aliphatic heterocycles. The van der Waals surface area contributed by atoms with Gasteiger partial charge in [0.25, 0.3) is 5.91 Å². The Morgan fingerprint density at radius 1 is 1.22 bits per heavy atom. The maximum atomic E-state index is 12.9. The molecule has 0 bridgehead atoms. The summed E-state index contributed by atoms with van der Waals surface area (Å²) >= 11 is 0. The summed E-state index contributed by atoms with van der Waals surface area (Å²) in [7, 11) is 2.13. The molecule has 0 radical (unpaired) electrons. The lowest BCUT2D eigenvalue weighted by atomic mass is 10.0. The van der Waals surface area contributed by atoms with Crippen LogP contribution in [0.25, 0.3) is 0 Å². The Balaban J connectivity index is 1.46. The summed E-state index contributed by atoms with van der Waals surface area (Å²) in [6.45, 7) is 3.33. The number of imide groups is 1. The fraction of sp³-hybridized carbons (Fsp3) is 0.550. The Bertz CT molecular complexity index is 772. The molecule has 7 nitrogen and oxygen atoms in total. The van der Waals surface area contributed by atoms with Gasteiger partial charge >= 0.3 is 0 Å². The van der Waals surface area contributed by atoms with Crippen molar-refractivity contribution in [3.05, 3.63) is 34.9 Å². The zero-order valence-corrected chi connectivity index (χ0v) is 15.7. The maximum absolute atomic E-state index is 12.9. The first kappa shape index (κ1) is 18.1. The Labute approximate surface area is 159 Å². The fourth-order valence-corrected chi connectivity index (χ4v) is 4.33. The molecule has 3 amide bonds. The molecule has 0 aliphatic carbocycles. The topological polar surface area (TPSA) is 81.8 Å². The highest BCUT2D eigenvalue weighted by Crippen LogP contribution is 2.28. The van der Waals surface area contributed by atoms with E-state index in [1.54, 1.807) is 4.90 Å². The standard InChI is InChI=1S/C20H26N4O3/c1-23(15-3-2-8-21-10-15)11-13-4-5-14-12-24(20(27)16(14)9-13)17-6-7-18(25)22-19(17)26/h4-5,9,15,17,21H,2-3,6-8,10-12H2,1H3,(H,22,25,26). The molecule has 2 saturated heterocycles. The van der Waals surface area contributed by atoms with E-state index in [2.05, 4.69) is 28.6 Å². The molecule has 0 aromatic heterocycles. The molecular formula is C20H26N4O3. The predicted octanol–water partition coefficient (Wildman–Crippen LogP) is 0.631. The smallest absolute Gasteiger partial charge is 0.255 e. The second-order valence-corrected chi connectivity index (χ2v) is 7.81. The molecular weight excluding hydrogens is 344 g/mol. The largest absolute Gasteiger partial charge is 0.322 e. The average molecular weight is 370 g/mol. The number of nitrogens with one attached hydrogen (secondary N) is 2. The number of amides is 3. The third kappa shape index (κ3) is 3.61. The van der Waals surface area contributed by atoms with Crippen LogP contribution in [0.3, 0.4) is 0 Å². The van der Waals surface area contributed by atoms with E-state index in [0.717, 1.165) is 30.8 Å². The van der Waals surface area contributed by atoms with E-state index in [9.17, 15) is 14.4 Å². The molecule has 27 heavy (non-hydrogen) atoms. The summed E-state index contributed by atoms with van der Waals surface area (Å²) in [5.41, 5.74) is 2.75. The van der Waals surface area contributed by atoms with Gasteiger partial charge in [-0.15, -0.1) is 0 Å². The molecule has 0 saturated carbocycles. The first-order valence-electron chi connectivity index (χ1n) is 9.70. The molecule has 0 spiro atoms. The Hall–Kier alpha value is -2.25. The fourth-order valence-electron chi connectivity index (χ4n) is 4.33. The van der Waals surface area contributed by atoms with E-state index in [0.29, 0.717) is 24.6 Å². The van der Waals surface area contributed by atoms with Crippen molar-refractivity contribution in [3.8, 4) is 0 Å². The van der Waals surface area contributed by atoms with Gasteiger partial charge in [-0.2, -0.15) is 0 Å². The van der Waals surface area contributed by atoms with Crippen molar-refractivity contribution in [3.63, 3.8) is 0 Å². The second kappa shape index (κ2) is 7.40. The predicted molar refractivity (Wildman–Crippen MR) is 99.8 cm³/mol. The van der Waals surface area contributed by atoms with E-state index < -0.39 is 6.04 Å². The van der Waals surface area contributed by atoms with Crippen molar-refractivity contribution < 1.29 is 14.4 Å². The number of piperidine rings is 2. The van der Waals surface area contributed by atoms with Crippen molar-refractivity contribution in [1.29, 1.82) is 0 Å². The number of benzene rings is 1. The molecule has 3 aliphatic rings. The van der Waals surface area contributed by atoms with Gasteiger partial charge in [-0.3, -0.25) is 24.6 Å². The quantitative estimate of drug-likeness (QED) is 0.760. The second-order valence-electron chi connectivity index (χ2n) is 7.81. The Morgan fingerprint density at radius 3 is 2.81 bits per heavy atom. The Morgan fingerprint density at radius 2 is 2.07 bits per heavy atom. The normalized spacial score (nSPS) is 25.7. The van der Waals surface area contributed by atoms with Crippen LogP contribution < -0.4 is 10.6 Å². The first-order valence-corrected chi connectivity index (χ1v) is 9.70. The summed E-state index contributed by atoms with van der Waals surface area (Å²) in [5, 5.41) is 5.78. The van der Waals surface area contributed by atoms with Crippen molar-refractivity contribution >= 4 is 17.7 Å². The van der Waals surface area contributed by atoms with Crippen molar-refractivity contribution in [1.82, 2.24) is 20.4 Å². The van der Waals surface area contributed by atoms with E-state index >= 15 is 0 Å². The van der Waals surface area contributed by atoms with Gasteiger partial charge in [0.2, 0.25) is 11.8 Å². The molecule has 7 heteroatoms. The van der Waals surface area contributed by atoms with E-state index in [1.807, 2.05) is 12.1 Å². The zero-order chi connectivity index (χ0) is 19.0. The van der Waals surface area contributed by atoms with Gasteiger partial charge in [-0.05, 0) is 50.0 Å². The van der Waals surface area contributed by atoms with Gasteiger partial charge in [0.05, 0.1) is 0 Å². The highest BCUT2D eigenvalue weighted by atomic mass is 16.2. The number of hydrogen-bond donors (Lipinski definition) is 2. The lowest BCUT2D eigenvalue weighted by molar-refractivity contribution is -0.136. The number of fused-ring (bicyclic) bond motifs is 1. The van der Waals surface area contributed by atoms with Crippen LogP contribution in [0.1, 0.15) is 47.2 Å². The number of carbonyl (C=O) groups is 3. The van der Waals surface area contributed by atoms with Gasteiger partial charge in [0.15, 0.2) is 0 Å². The third-order valence-electron chi connectivity index (χ3n) is 5.92. The molecule has 3 heterocycles. The molecule has 2 atom stereocenters. The number of nitrogens with zero attached hydrogens (tertiary/aromatic N) is 2. The summed E-state index contributed by atoms with van der Waals surface area (Å²) in [6, 6.07) is 6.01. The third-order valence-corrected chi connectivity index (χ3v) is 5.92. The minimum absolute atomic E-state index is 0.108. The van der Waals surface area contributed by atoms with Gasteiger partial charge in [-0.25, -0.2) is 0 Å². The van der Waals surface area contributed by atoms with Crippen LogP contribution in [0.15, 0.2) is 18.2 Å². The van der Waals surface area contributed by atoms with Crippen LogP contribution >= 0.6 is 0 Å². The van der Waals surface area contributed by atoms with Crippen LogP contribution in [0.4, 0.5) is 0 Å². The molecule has 144 valence electrons.